The van der Waals surface area contributed by atoms with Crippen LogP contribution in [0.3, 0.4) is 0 Å². The summed E-state index contributed by atoms with van der Waals surface area (Å²) in [6, 6.07) is 7.79. The van der Waals surface area contributed by atoms with E-state index in [0.717, 1.165) is 29.3 Å². The highest BCUT2D eigenvalue weighted by Crippen LogP contribution is 2.19. The highest BCUT2D eigenvalue weighted by Gasteiger charge is 2.05. The molecular formula is C14H17NO2. The lowest BCUT2D eigenvalue weighted by Gasteiger charge is -2.10. The highest BCUT2D eigenvalue weighted by molar-refractivity contribution is 5.96. The first kappa shape index (κ1) is 11.9. The van der Waals surface area contributed by atoms with Gasteiger partial charge in [-0.15, -0.1) is 0 Å². The molecule has 0 N–H and O–H groups in total. The minimum absolute atomic E-state index is 0.238. The van der Waals surface area contributed by atoms with E-state index < -0.39 is 0 Å². The van der Waals surface area contributed by atoms with E-state index in [1.54, 1.807) is 0 Å². The first-order valence-corrected chi connectivity index (χ1v) is 5.87. The van der Waals surface area contributed by atoms with Crippen LogP contribution in [-0.4, -0.2) is 23.6 Å². The van der Waals surface area contributed by atoms with Crippen LogP contribution in [0.15, 0.2) is 30.5 Å². The molecule has 3 nitrogen and oxygen atoms in total. The summed E-state index contributed by atoms with van der Waals surface area (Å²) in [6.45, 7) is 5.47. The number of hydrogen-bond acceptors (Lipinski definition) is 2. The van der Waals surface area contributed by atoms with E-state index in [1.807, 2.05) is 44.3 Å². The predicted octanol–water partition coefficient (Wildman–Crippen LogP) is 2.88. The lowest BCUT2D eigenvalue weighted by Crippen LogP contribution is -2.10. The number of rotatable bonds is 5. The molecule has 1 heterocycles. The highest BCUT2D eigenvalue weighted by atomic mass is 16.5. The van der Waals surface area contributed by atoms with Gasteiger partial charge in [-0.3, -0.25) is 4.79 Å². The molecule has 2 rings (SSSR count). The average Bonchev–Trinajstić information content (AvgIpc) is 2.72. The third-order valence-electron chi connectivity index (χ3n) is 2.73. The van der Waals surface area contributed by atoms with Crippen molar-refractivity contribution in [1.82, 2.24) is 4.57 Å². The molecule has 0 unspecified atom stereocenters. The normalized spacial score (nSPS) is 11.2. The smallest absolute Gasteiger partial charge is 0.152 e. The van der Waals surface area contributed by atoms with E-state index >= 15 is 0 Å². The van der Waals surface area contributed by atoms with Crippen molar-refractivity contribution < 1.29 is 9.53 Å². The molecule has 0 amide bonds. The Balaban J connectivity index is 2.25. The molecule has 1 aromatic carbocycles. The zero-order valence-electron chi connectivity index (χ0n) is 10.2. The molecule has 90 valence electrons. The predicted molar refractivity (Wildman–Crippen MR) is 68.4 cm³/mol. The summed E-state index contributed by atoms with van der Waals surface area (Å²) in [5, 5.41) is 1.10. The minimum Gasteiger partial charge on any atom is -0.377 e. The lowest BCUT2D eigenvalue weighted by molar-refractivity contribution is 0.0733. The SMILES string of the molecule is CC(C)OCCn1ccc2cccc(C=O)c21. The monoisotopic (exact) mass is 231 g/mol. The van der Waals surface area contributed by atoms with Gasteiger partial charge in [0.2, 0.25) is 0 Å². The molecule has 0 bridgehead atoms. The molecule has 2 aromatic rings. The zero-order chi connectivity index (χ0) is 12.3. The van der Waals surface area contributed by atoms with Gasteiger partial charge < -0.3 is 9.30 Å². The van der Waals surface area contributed by atoms with Crippen molar-refractivity contribution >= 4 is 17.2 Å². The fraction of sp³-hybridized carbons (Fsp3) is 0.357. The Labute approximate surface area is 101 Å². The van der Waals surface area contributed by atoms with E-state index in [-0.39, 0.29) is 6.10 Å². The first-order chi connectivity index (χ1) is 8.22. The van der Waals surface area contributed by atoms with E-state index in [2.05, 4.69) is 4.57 Å². The van der Waals surface area contributed by atoms with Crippen LogP contribution in [-0.2, 0) is 11.3 Å². The zero-order valence-corrected chi connectivity index (χ0v) is 10.2. The van der Waals surface area contributed by atoms with Crippen molar-refractivity contribution in [2.75, 3.05) is 6.61 Å². The van der Waals surface area contributed by atoms with Crippen molar-refractivity contribution in [2.45, 2.75) is 26.5 Å². The summed E-state index contributed by atoms with van der Waals surface area (Å²) in [6.07, 6.45) is 3.14. The Bertz CT molecular complexity index is 514. The van der Waals surface area contributed by atoms with Crippen LogP contribution >= 0.6 is 0 Å². The summed E-state index contributed by atoms with van der Waals surface area (Å²) < 4.78 is 7.60. The summed E-state index contributed by atoms with van der Waals surface area (Å²) in [5.74, 6) is 0. The number of para-hydroxylation sites is 1. The fourth-order valence-electron chi connectivity index (χ4n) is 1.96. The van der Waals surface area contributed by atoms with Gasteiger partial charge in [0, 0.05) is 23.7 Å². The minimum atomic E-state index is 0.238. The maximum absolute atomic E-state index is 11.0. The quantitative estimate of drug-likeness (QED) is 0.741. The van der Waals surface area contributed by atoms with Crippen molar-refractivity contribution in [2.24, 2.45) is 0 Å². The maximum Gasteiger partial charge on any atom is 0.152 e. The van der Waals surface area contributed by atoms with Crippen molar-refractivity contribution in [1.29, 1.82) is 0 Å². The number of nitrogens with zero attached hydrogens (tertiary/aromatic N) is 1. The number of benzene rings is 1. The molecule has 3 heteroatoms. The van der Waals surface area contributed by atoms with Crippen LogP contribution < -0.4 is 0 Å². The van der Waals surface area contributed by atoms with Gasteiger partial charge in [0.15, 0.2) is 6.29 Å². The van der Waals surface area contributed by atoms with Gasteiger partial charge in [0.05, 0.1) is 18.2 Å². The third kappa shape index (κ3) is 2.56. The van der Waals surface area contributed by atoms with Gasteiger partial charge in [-0.2, -0.15) is 0 Å². The van der Waals surface area contributed by atoms with Crippen LogP contribution in [0, 0.1) is 0 Å². The molecule has 0 aliphatic rings. The molecule has 0 aliphatic carbocycles. The topological polar surface area (TPSA) is 31.2 Å². The molecule has 0 saturated heterocycles. The second-order valence-electron chi connectivity index (χ2n) is 4.33. The third-order valence-corrected chi connectivity index (χ3v) is 2.73. The number of hydrogen-bond donors (Lipinski definition) is 0. The Morgan fingerprint density at radius 3 is 2.88 bits per heavy atom. The average molecular weight is 231 g/mol. The summed E-state index contributed by atoms with van der Waals surface area (Å²) in [4.78, 5) is 11.0. The van der Waals surface area contributed by atoms with Crippen LogP contribution in [0.1, 0.15) is 24.2 Å². The molecule has 0 aliphatic heterocycles. The standard InChI is InChI=1S/C14H17NO2/c1-11(2)17-9-8-15-7-6-12-4-3-5-13(10-16)14(12)15/h3-7,10-11H,8-9H2,1-2H3. The van der Waals surface area contributed by atoms with Gasteiger partial charge in [-0.25, -0.2) is 0 Å². The van der Waals surface area contributed by atoms with Crippen LogP contribution in [0.2, 0.25) is 0 Å². The number of carbonyl (C=O) groups excluding carboxylic acids is 1. The molecule has 0 spiro atoms. The Morgan fingerprint density at radius 2 is 2.18 bits per heavy atom. The van der Waals surface area contributed by atoms with E-state index in [9.17, 15) is 4.79 Å². The van der Waals surface area contributed by atoms with Gasteiger partial charge in [-0.1, -0.05) is 12.1 Å². The molecule has 1 aromatic heterocycles. The summed E-state index contributed by atoms with van der Waals surface area (Å²) >= 11 is 0. The van der Waals surface area contributed by atoms with Gasteiger partial charge >= 0.3 is 0 Å². The largest absolute Gasteiger partial charge is 0.377 e. The van der Waals surface area contributed by atoms with Gasteiger partial charge in [0.25, 0.3) is 0 Å². The van der Waals surface area contributed by atoms with E-state index in [0.29, 0.717) is 6.61 Å². The number of aromatic nitrogens is 1. The summed E-state index contributed by atoms with van der Waals surface area (Å²) in [7, 11) is 0. The van der Waals surface area contributed by atoms with Crippen molar-refractivity contribution in [3.05, 3.63) is 36.0 Å². The van der Waals surface area contributed by atoms with Crippen LogP contribution in [0.25, 0.3) is 10.9 Å². The van der Waals surface area contributed by atoms with Crippen molar-refractivity contribution in [3.8, 4) is 0 Å². The Kier molecular flexibility index (Phi) is 3.59. The van der Waals surface area contributed by atoms with Crippen LogP contribution in [0.4, 0.5) is 0 Å². The first-order valence-electron chi connectivity index (χ1n) is 5.87. The van der Waals surface area contributed by atoms with Crippen molar-refractivity contribution in [3.63, 3.8) is 0 Å². The number of carbonyl (C=O) groups is 1. The lowest BCUT2D eigenvalue weighted by atomic mass is 10.1. The number of fused-ring (bicyclic) bond motifs is 1. The summed E-state index contributed by atoms with van der Waals surface area (Å²) in [5.41, 5.74) is 1.73. The molecule has 0 radical (unpaired) electrons. The Morgan fingerprint density at radius 1 is 1.35 bits per heavy atom. The number of ether oxygens (including phenoxy) is 1. The van der Waals surface area contributed by atoms with E-state index in [4.69, 9.17) is 4.74 Å². The van der Waals surface area contributed by atoms with Gasteiger partial charge in [-0.05, 0) is 26.0 Å². The molecular weight excluding hydrogens is 214 g/mol. The molecule has 0 atom stereocenters. The number of aldehydes is 1. The van der Waals surface area contributed by atoms with Crippen LogP contribution in [0.5, 0.6) is 0 Å². The second kappa shape index (κ2) is 5.15. The molecule has 0 saturated carbocycles. The van der Waals surface area contributed by atoms with E-state index in [1.165, 1.54) is 0 Å². The maximum atomic E-state index is 11.0. The van der Waals surface area contributed by atoms with Gasteiger partial charge in [0.1, 0.15) is 0 Å². The second-order valence-corrected chi connectivity index (χ2v) is 4.33. The molecule has 0 fully saturated rings. The Hall–Kier alpha value is -1.61. The molecule has 17 heavy (non-hydrogen) atoms. The fourth-order valence-corrected chi connectivity index (χ4v) is 1.96.